The zero-order valence-electron chi connectivity index (χ0n) is 13.9. The molecule has 5 heteroatoms. The quantitative estimate of drug-likeness (QED) is 0.915. The molecule has 2 aliphatic heterocycles. The monoisotopic (exact) mass is 315 g/mol. The van der Waals surface area contributed by atoms with Crippen LogP contribution in [0.1, 0.15) is 34.3 Å². The number of nitrogens with two attached hydrogens (primary N) is 1. The third kappa shape index (κ3) is 3.24. The van der Waals surface area contributed by atoms with Crippen LogP contribution in [0.5, 0.6) is 0 Å². The van der Waals surface area contributed by atoms with Gasteiger partial charge in [0.25, 0.3) is 5.91 Å². The molecule has 0 aromatic heterocycles. The van der Waals surface area contributed by atoms with Crippen molar-refractivity contribution in [3.63, 3.8) is 0 Å². The Morgan fingerprint density at radius 1 is 1.13 bits per heavy atom. The number of primary amides is 1. The van der Waals surface area contributed by atoms with E-state index in [1.807, 2.05) is 30.9 Å². The summed E-state index contributed by atoms with van der Waals surface area (Å²) in [7, 11) is 0. The molecule has 124 valence electrons. The Balaban J connectivity index is 1.53. The van der Waals surface area contributed by atoms with Crippen LogP contribution in [-0.4, -0.2) is 53.8 Å². The molecule has 0 spiro atoms. The number of nitrogens with zero attached hydrogens (tertiary/aromatic N) is 2. The first-order chi connectivity index (χ1) is 11.0. The summed E-state index contributed by atoms with van der Waals surface area (Å²) >= 11 is 0. The van der Waals surface area contributed by atoms with Crippen molar-refractivity contribution < 1.29 is 9.59 Å². The predicted molar refractivity (Wildman–Crippen MR) is 89.1 cm³/mol. The molecule has 5 nitrogen and oxygen atoms in total. The number of carbonyl (C=O) groups excluding carboxylic acids is 2. The fourth-order valence-corrected chi connectivity index (χ4v) is 3.63. The van der Waals surface area contributed by atoms with Crippen LogP contribution in [0.4, 0.5) is 0 Å². The lowest BCUT2D eigenvalue weighted by molar-refractivity contribution is -0.123. The molecule has 0 saturated carbocycles. The van der Waals surface area contributed by atoms with Crippen LogP contribution in [0.3, 0.4) is 0 Å². The first kappa shape index (κ1) is 16.0. The van der Waals surface area contributed by atoms with Gasteiger partial charge in [-0.3, -0.25) is 14.5 Å². The number of piperidine rings is 1. The van der Waals surface area contributed by atoms with Crippen LogP contribution in [0.2, 0.25) is 0 Å². The average Bonchev–Trinajstić information content (AvgIpc) is 2.46. The lowest BCUT2D eigenvalue weighted by atomic mass is 9.93. The minimum Gasteiger partial charge on any atom is -0.369 e. The van der Waals surface area contributed by atoms with Gasteiger partial charge < -0.3 is 10.6 Å². The van der Waals surface area contributed by atoms with Crippen molar-refractivity contribution in [3.8, 4) is 0 Å². The van der Waals surface area contributed by atoms with E-state index in [-0.39, 0.29) is 17.7 Å². The van der Waals surface area contributed by atoms with Crippen LogP contribution in [0.25, 0.3) is 0 Å². The molecular weight excluding hydrogens is 290 g/mol. The van der Waals surface area contributed by atoms with Gasteiger partial charge >= 0.3 is 0 Å². The second-order valence-corrected chi connectivity index (χ2v) is 6.89. The average molecular weight is 315 g/mol. The van der Waals surface area contributed by atoms with Gasteiger partial charge in [-0.1, -0.05) is 17.7 Å². The normalized spacial score (nSPS) is 20.3. The van der Waals surface area contributed by atoms with Crippen molar-refractivity contribution in [2.45, 2.75) is 32.7 Å². The van der Waals surface area contributed by atoms with E-state index in [1.54, 1.807) is 0 Å². The van der Waals surface area contributed by atoms with E-state index in [9.17, 15) is 9.59 Å². The van der Waals surface area contributed by atoms with Gasteiger partial charge in [-0.05, 0) is 51.4 Å². The molecule has 2 saturated heterocycles. The number of likely N-dealkylation sites (tertiary alicyclic amines) is 2. The smallest absolute Gasteiger partial charge is 0.254 e. The Morgan fingerprint density at radius 2 is 1.78 bits per heavy atom. The second kappa shape index (κ2) is 6.32. The second-order valence-electron chi connectivity index (χ2n) is 6.89. The van der Waals surface area contributed by atoms with Crippen molar-refractivity contribution in [1.82, 2.24) is 9.80 Å². The third-order valence-corrected chi connectivity index (χ3v) is 5.21. The van der Waals surface area contributed by atoms with Gasteiger partial charge in [0.2, 0.25) is 5.91 Å². The molecule has 0 radical (unpaired) electrons. The van der Waals surface area contributed by atoms with E-state index >= 15 is 0 Å². The highest BCUT2D eigenvalue weighted by Gasteiger charge is 2.37. The van der Waals surface area contributed by atoms with E-state index in [0.717, 1.165) is 50.1 Å². The Labute approximate surface area is 137 Å². The summed E-state index contributed by atoms with van der Waals surface area (Å²) in [6.45, 7) is 7.41. The summed E-state index contributed by atoms with van der Waals surface area (Å²) in [6.07, 6.45) is 1.69. The number of aryl methyl sites for hydroxylation is 2. The Kier molecular flexibility index (Phi) is 4.39. The van der Waals surface area contributed by atoms with Gasteiger partial charge in [-0.25, -0.2) is 0 Å². The van der Waals surface area contributed by atoms with E-state index in [1.165, 1.54) is 5.56 Å². The van der Waals surface area contributed by atoms with E-state index in [0.29, 0.717) is 6.04 Å². The number of amides is 2. The van der Waals surface area contributed by atoms with Crippen molar-refractivity contribution in [2.75, 3.05) is 26.2 Å². The third-order valence-electron chi connectivity index (χ3n) is 5.21. The van der Waals surface area contributed by atoms with Gasteiger partial charge in [-0.15, -0.1) is 0 Å². The predicted octanol–water partition coefficient (Wildman–Crippen LogP) is 1.33. The standard InChI is InChI=1S/C18H25N3O2/c1-12-3-4-16(13(2)9-12)18(23)21-10-15(11-21)20-7-5-14(6-8-20)17(19)22/h3-4,9,14-15H,5-8,10-11H2,1-2H3,(H2,19,22). The Hall–Kier alpha value is -1.88. The highest BCUT2D eigenvalue weighted by atomic mass is 16.2. The van der Waals surface area contributed by atoms with Crippen LogP contribution < -0.4 is 5.73 Å². The van der Waals surface area contributed by atoms with Crippen LogP contribution in [0, 0.1) is 19.8 Å². The highest BCUT2D eigenvalue weighted by molar-refractivity contribution is 5.96. The van der Waals surface area contributed by atoms with Gasteiger partial charge in [0.1, 0.15) is 0 Å². The Morgan fingerprint density at radius 3 is 2.35 bits per heavy atom. The number of rotatable bonds is 3. The summed E-state index contributed by atoms with van der Waals surface area (Å²) in [6, 6.07) is 6.41. The summed E-state index contributed by atoms with van der Waals surface area (Å²) in [5, 5.41) is 0. The minimum atomic E-state index is -0.176. The van der Waals surface area contributed by atoms with Crippen molar-refractivity contribution in [3.05, 3.63) is 34.9 Å². The number of hydrogen-bond acceptors (Lipinski definition) is 3. The molecule has 0 bridgehead atoms. The van der Waals surface area contributed by atoms with Crippen molar-refractivity contribution >= 4 is 11.8 Å². The van der Waals surface area contributed by atoms with E-state index in [4.69, 9.17) is 5.73 Å². The lowest BCUT2D eigenvalue weighted by Gasteiger charge is -2.47. The summed E-state index contributed by atoms with van der Waals surface area (Å²) in [4.78, 5) is 28.1. The van der Waals surface area contributed by atoms with Crippen LogP contribution >= 0.6 is 0 Å². The molecule has 2 amide bonds. The molecule has 0 atom stereocenters. The number of hydrogen-bond donors (Lipinski definition) is 1. The molecule has 2 fully saturated rings. The molecule has 2 aliphatic rings. The van der Waals surface area contributed by atoms with Gasteiger partial charge in [0.15, 0.2) is 0 Å². The molecule has 0 unspecified atom stereocenters. The van der Waals surface area contributed by atoms with Gasteiger partial charge in [0.05, 0.1) is 0 Å². The molecule has 2 N–H and O–H groups in total. The van der Waals surface area contributed by atoms with Crippen molar-refractivity contribution in [2.24, 2.45) is 11.7 Å². The maximum absolute atomic E-state index is 12.6. The minimum absolute atomic E-state index is 0.0271. The molecule has 3 rings (SSSR count). The SMILES string of the molecule is Cc1ccc(C(=O)N2CC(N3CCC(C(N)=O)CC3)C2)c(C)c1. The van der Waals surface area contributed by atoms with Crippen LogP contribution in [0.15, 0.2) is 18.2 Å². The zero-order valence-corrected chi connectivity index (χ0v) is 13.9. The Bertz CT molecular complexity index is 615. The highest BCUT2D eigenvalue weighted by Crippen LogP contribution is 2.25. The molecule has 23 heavy (non-hydrogen) atoms. The summed E-state index contributed by atoms with van der Waals surface area (Å²) in [5.41, 5.74) is 8.40. The van der Waals surface area contributed by atoms with E-state index in [2.05, 4.69) is 11.0 Å². The molecule has 1 aromatic carbocycles. The first-order valence-corrected chi connectivity index (χ1v) is 8.35. The zero-order chi connectivity index (χ0) is 16.6. The molecular formula is C18H25N3O2. The van der Waals surface area contributed by atoms with Gasteiger partial charge in [-0.2, -0.15) is 0 Å². The van der Waals surface area contributed by atoms with Crippen LogP contribution in [-0.2, 0) is 4.79 Å². The maximum atomic E-state index is 12.6. The topological polar surface area (TPSA) is 66.6 Å². The maximum Gasteiger partial charge on any atom is 0.254 e. The lowest BCUT2D eigenvalue weighted by Crippen LogP contribution is -2.62. The first-order valence-electron chi connectivity index (χ1n) is 8.35. The molecule has 2 heterocycles. The summed E-state index contributed by atoms with van der Waals surface area (Å²) < 4.78 is 0. The fraction of sp³-hybridized carbons (Fsp3) is 0.556. The fourth-order valence-electron chi connectivity index (χ4n) is 3.63. The van der Waals surface area contributed by atoms with Gasteiger partial charge in [0, 0.05) is 30.6 Å². The largest absolute Gasteiger partial charge is 0.369 e. The molecule has 1 aromatic rings. The van der Waals surface area contributed by atoms with E-state index < -0.39 is 0 Å². The molecule has 0 aliphatic carbocycles. The van der Waals surface area contributed by atoms with Crippen molar-refractivity contribution in [1.29, 1.82) is 0 Å². The number of benzene rings is 1. The number of carbonyl (C=O) groups is 2. The summed E-state index contributed by atoms with van der Waals surface area (Å²) in [5.74, 6) is -0.0186.